The molecular formula is C13H13NOS. The van der Waals surface area contributed by atoms with Crippen LogP contribution in [0.1, 0.15) is 29.9 Å². The lowest BCUT2D eigenvalue weighted by atomic mass is 10.2. The van der Waals surface area contributed by atoms with Crippen molar-refractivity contribution in [1.29, 1.82) is 0 Å². The zero-order chi connectivity index (χ0) is 10.8. The molecule has 1 saturated carbocycles. The fourth-order valence-electron chi connectivity index (χ4n) is 1.73. The second-order valence-electron chi connectivity index (χ2n) is 4.12. The third kappa shape index (κ3) is 2.09. The quantitative estimate of drug-likeness (QED) is 0.802. The van der Waals surface area contributed by atoms with E-state index in [2.05, 4.69) is 21.9 Å². The second kappa shape index (κ2) is 4.26. The summed E-state index contributed by atoms with van der Waals surface area (Å²) in [6, 6.07) is 10.2. The summed E-state index contributed by atoms with van der Waals surface area (Å²) in [5.74, 6) is 1.56. The van der Waals surface area contributed by atoms with Gasteiger partial charge in [0.15, 0.2) is 0 Å². The first kappa shape index (κ1) is 9.85. The first-order valence-electron chi connectivity index (χ1n) is 5.54. The van der Waals surface area contributed by atoms with Crippen molar-refractivity contribution in [1.82, 2.24) is 4.37 Å². The van der Waals surface area contributed by atoms with Crippen molar-refractivity contribution >= 4 is 11.5 Å². The summed E-state index contributed by atoms with van der Waals surface area (Å²) in [7, 11) is 0. The molecule has 1 heterocycles. The molecule has 2 aromatic rings. The highest BCUT2D eigenvalue weighted by Gasteiger charge is 2.28. The summed E-state index contributed by atoms with van der Waals surface area (Å²) in [5.41, 5.74) is 2.50. The molecule has 0 unspecified atom stereocenters. The standard InChI is InChI=1S/C13H13NOS/c1-2-4-10(5-3-1)8-15-13-12(9-16-14-13)11-6-7-11/h1-5,9,11H,6-8H2. The molecule has 0 spiro atoms. The van der Waals surface area contributed by atoms with Crippen LogP contribution in [-0.2, 0) is 6.61 Å². The van der Waals surface area contributed by atoms with Crippen LogP contribution in [0.15, 0.2) is 35.7 Å². The van der Waals surface area contributed by atoms with E-state index >= 15 is 0 Å². The van der Waals surface area contributed by atoms with Gasteiger partial charge in [-0.15, -0.1) is 0 Å². The van der Waals surface area contributed by atoms with Crippen molar-refractivity contribution in [2.24, 2.45) is 0 Å². The van der Waals surface area contributed by atoms with Gasteiger partial charge in [0, 0.05) is 10.9 Å². The van der Waals surface area contributed by atoms with Crippen LogP contribution >= 0.6 is 11.5 Å². The van der Waals surface area contributed by atoms with Crippen LogP contribution < -0.4 is 4.74 Å². The normalized spacial score (nSPS) is 15.0. The zero-order valence-electron chi connectivity index (χ0n) is 8.93. The summed E-state index contributed by atoms with van der Waals surface area (Å²) in [6.45, 7) is 0.615. The van der Waals surface area contributed by atoms with Gasteiger partial charge < -0.3 is 4.74 Å². The van der Waals surface area contributed by atoms with Crippen molar-refractivity contribution in [3.8, 4) is 5.88 Å². The summed E-state index contributed by atoms with van der Waals surface area (Å²) in [6.07, 6.45) is 2.58. The highest BCUT2D eigenvalue weighted by molar-refractivity contribution is 7.03. The van der Waals surface area contributed by atoms with E-state index in [-0.39, 0.29) is 0 Å². The molecule has 0 saturated heterocycles. The topological polar surface area (TPSA) is 22.1 Å². The molecule has 0 atom stereocenters. The highest BCUT2D eigenvalue weighted by Crippen LogP contribution is 2.44. The number of ether oxygens (including phenoxy) is 1. The van der Waals surface area contributed by atoms with Crippen molar-refractivity contribution < 1.29 is 4.74 Å². The molecule has 0 N–H and O–H groups in total. The van der Waals surface area contributed by atoms with Gasteiger partial charge in [-0.3, -0.25) is 0 Å². The third-order valence-electron chi connectivity index (χ3n) is 2.80. The van der Waals surface area contributed by atoms with Gasteiger partial charge in [-0.2, -0.15) is 4.37 Å². The molecule has 1 fully saturated rings. The van der Waals surface area contributed by atoms with Crippen LogP contribution in [0.2, 0.25) is 0 Å². The lowest BCUT2D eigenvalue weighted by Gasteiger charge is -2.04. The third-order valence-corrected chi connectivity index (χ3v) is 3.43. The summed E-state index contributed by atoms with van der Waals surface area (Å²) >= 11 is 1.49. The fourth-order valence-corrected chi connectivity index (χ4v) is 2.45. The smallest absolute Gasteiger partial charge is 0.229 e. The van der Waals surface area contributed by atoms with Gasteiger partial charge in [0.25, 0.3) is 0 Å². The van der Waals surface area contributed by atoms with Crippen LogP contribution in [-0.4, -0.2) is 4.37 Å². The minimum absolute atomic E-state index is 0.615. The minimum atomic E-state index is 0.615. The molecule has 82 valence electrons. The first-order valence-corrected chi connectivity index (χ1v) is 6.38. The number of benzene rings is 1. The Hall–Kier alpha value is -1.35. The van der Waals surface area contributed by atoms with Crippen LogP contribution in [0.25, 0.3) is 0 Å². The van der Waals surface area contributed by atoms with Crippen LogP contribution in [0.5, 0.6) is 5.88 Å². The number of hydrogen-bond donors (Lipinski definition) is 0. The van der Waals surface area contributed by atoms with Gasteiger partial charge in [-0.25, -0.2) is 0 Å². The molecule has 1 aliphatic rings. The monoisotopic (exact) mass is 231 g/mol. The molecule has 0 radical (unpaired) electrons. The van der Waals surface area contributed by atoms with Gasteiger partial charge in [0.1, 0.15) is 6.61 Å². The Morgan fingerprint density at radius 2 is 2.06 bits per heavy atom. The maximum atomic E-state index is 5.76. The van der Waals surface area contributed by atoms with Crippen LogP contribution in [0, 0.1) is 0 Å². The summed E-state index contributed by atoms with van der Waals surface area (Å²) in [4.78, 5) is 0. The first-order chi connectivity index (χ1) is 7.93. The van der Waals surface area contributed by atoms with E-state index in [9.17, 15) is 0 Å². The van der Waals surface area contributed by atoms with E-state index in [0.717, 1.165) is 5.88 Å². The fraction of sp³-hybridized carbons (Fsp3) is 0.308. The number of nitrogens with zero attached hydrogens (tertiary/aromatic N) is 1. The van der Waals surface area contributed by atoms with Crippen LogP contribution in [0.4, 0.5) is 0 Å². The van der Waals surface area contributed by atoms with Gasteiger partial charge in [0.2, 0.25) is 5.88 Å². The number of rotatable bonds is 4. The number of hydrogen-bond acceptors (Lipinski definition) is 3. The van der Waals surface area contributed by atoms with E-state index in [1.807, 2.05) is 18.2 Å². The lowest BCUT2D eigenvalue weighted by Crippen LogP contribution is -1.96. The SMILES string of the molecule is c1ccc(COc2nscc2C2CC2)cc1. The number of aromatic nitrogens is 1. The Morgan fingerprint density at radius 3 is 2.81 bits per heavy atom. The van der Waals surface area contributed by atoms with Crippen molar-refractivity contribution in [3.63, 3.8) is 0 Å². The molecule has 3 heteroatoms. The van der Waals surface area contributed by atoms with Gasteiger partial charge in [-0.1, -0.05) is 30.3 Å². The average Bonchev–Trinajstić information content (AvgIpc) is 3.07. The lowest BCUT2D eigenvalue weighted by molar-refractivity contribution is 0.294. The molecule has 1 aromatic carbocycles. The molecule has 1 aromatic heterocycles. The maximum Gasteiger partial charge on any atom is 0.229 e. The Morgan fingerprint density at radius 1 is 1.25 bits per heavy atom. The predicted molar refractivity (Wildman–Crippen MR) is 64.9 cm³/mol. The second-order valence-corrected chi connectivity index (χ2v) is 4.75. The van der Waals surface area contributed by atoms with Crippen molar-refractivity contribution in [3.05, 3.63) is 46.8 Å². The van der Waals surface area contributed by atoms with E-state index in [1.165, 1.54) is 35.5 Å². The highest BCUT2D eigenvalue weighted by atomic mass is 32.1. The Labute approximate surface area is 99.1 Å². The summed E-state index contributed by atoms with van der Waals surface area (Å²) < 4.78 is 10.1. The van der Waals surface area contributed by atoms with E-state index in [0.29, 0.717) is 12.5 Å². The van der Waals surface area contributed by atoms with E-state index in [1.54, 1.807) is 0 Å². The zero-order valence-corrected chi connectivity index (χ0v) is 9.74. The Kier molecular flexibility index (Phi) is 2.62. The molecular weight excluding hydrogens is 218 g/mol. The van der Waals surface area contributed by atoms with Crippen molar-refractivity contribution in [2.75, 3.05) is 0 Å². The Bertz CT molecular complexity index is 462. The molecule has 16 heavy (non-hydrogen) atoms. The van der Waals surface area contributed by atoms with E-state index in [4.69, 9.17) is 4.74 Å². The molecule has 0 aliphatic heterocycles. The molecule has 0 amide bonds. The molecule has 2 nitrogen and oxygen atoms in total. The summed E-state index contributed by atoms with van der Waals surface area (Å²) in [5, 5.41) is 2.12. The van der Waals surface area contributed by atoms with E-state index < -0.39 is 0 Å². The largest absolute Gasteiger partial charge is 0.472 e. The van der Waals surface area contributed by atoms with Crippen LogP contribution in [0.3, 0.4) is 0 Å². The molecule has 3 rings (SSSR count). The van der Waals surface area contributed by atoms with Gasteiger partial charge >= 0.3 is 0 Å². The molecule has 1 aliphatic carbocycles. The van der Waals surface area contributed by atoms with Crippen molar-refractivity contribution in [2.45, 2.75) is 25.4 Å². The predicted octanol–water partition coefficient (Wildman–Crippen LogP) is 3.60. The molecule has 0 bridgehead atoms. The minimum Gasteiger partial charge on any atom is -0.472 e. The van der Waals surface area contributed by atoms with Gasteiger partial charge in [0.05, 0.1) is 0 Å². The Balaban J connectivity index is 1.68. The average molecular weight is 231 g/mol. The maximum absolute atomic E-state index is 5.76. The van der Waals surface area contributed by atoms with Gasteiger partial charge in [-0.05, 0) is 35.9 Å².